The number of nitrogens with zero attached hydrogens (tertiary/aromatic N) is 1. The fourth-order valence-electron chi connectivity index (χ4n) is 2.96. The molecule has 0 aliphatic carbocycles. The third-order valence-electron chi connectivity index (χ3n) is 4.23. The molecule has 2 rings (SSSR count). The average molecular weight is 273 g/mol. The largest absolute Gasteiger partial charge is 0.295 e. The van der Waals surface area contributed by atoms with Gasteiger partial charge in [-0.2, -0.15) is 0 Å². The maximum absolute atomic E-state index is 11.4. The zero-order valence-corrected chi connectivity index (χ0v) is 13.0. The normalized spacial score (nSPS) is 14.5. The van der Waals surface area contributed by atoms with Crippen molar-refractivity contribution in [1.29, 1.82) is 0 Å². The van der Waals surface area contributed by atoms with Crippen molar-refractivity contribution in [2.45, 2.75) is 65.5 Å². The summed E-state index contributed by atoms with van der Waals surface area (Å²) >= 11 is 0. The standard InChI is InChI=1S/C18H27NO/c1-3-4-5-6-7-8-11-19-13-17-10-9-16(15(2)20)12-18(17)14-19/h9-10,12H,3-8,11,13-14H2,1-2H3. The number of hydrogen-bond donors (Lipinski definition) is 0. The van der Waals surface area contributed by atoms with Crippen LogP contribution < -0.4 is 0 Å². The summed E-state index contributed by atoms with van der Waals surface area (Å²) in [5.74, 6) is 0.169. The number of ketones is 1. The van der Waals surface area contributed by atoms with E-state index in [-0.39, 0.29) is 5.78 Å². The Balaban J connectivity index is 1.74. The molecule has 0 N–H and O–H groups in total. The lowest BCUT2D eigenvalue weighted by atomic mass is 10.0. The first-order chi connectivity index (χ1) is 9.70. The monoisotopic (exact) mass is 273 g/mol. The lowest BCUT2D eigenvalue weighted by Gasteiger charge is -2.14. The molecule has 1 aromatic rings. The number of carbonyl (C=O) groups is 1. The highest BCUT2D eigenvalue weighted by molar-refractivity contribution is 5.94. The molecule has 0 saturated heterocycles. The third kappa shape index (κ3) is 4.17. The van der Waals surface area contributed by atoms with E-state index in [1.54, 1.807) is 6.92 Å². The quantitative estimate of drug-likeness (QED) is 0.511. The van der Waals surface area contributed by atoms with E-state index < -0.39 is 0 Å². The fourth-order valence-corrected chi connectivity index (χ4v) is 2.96. The number of rotatable bonds is 8. The molecule has 1 heterocycles. The third-order valence-corrected chi connectivity index (χ3v) is 4.23. The minimum Gasteiger partial charge on any atom is -0.295 e. The maximum atomic E-state index is 11.4. The second-order valence-electron chi connectivity index (χ2n) is 6.02. The summed E-state index contributed by atoms with van der Waals surface area (Å²) < 4.78 is 0. The van der Waals surface area contributed by atoms with E-state index in [4.69, 9.17) is 0 Å². The Morgan fingerprint density at radius 1 is 1.05 bits per heavy atom. The Labute approximate surface area is 123 Å². The molecule has 0 fully saturated rings. The van der Waals surface area contributed by atoms with Crippen LogP contribution in [0.1, 0.15) is 73.9 Å². The molecule has 110 valence electrons. The molecule has 0 spiro atoms. The van der Waals surface area contributed by atoms with Crippen molar-refractivity contribution in [3.63, 3.8) is 0 Å². The van der Waals surface area contributed by atoms with Gasteiger partial charge in [0.2, 0.25) is 0 Å². The molecule has 20 heavy (non-hydrogen) atoms. The molecule has 1 aliphatic heterocycles. The van der Waals surface area contributed by atoms with Crippen molar-refractivity contribution in [3.8, 4) is 0 Å². The van der Waals surface area contributed by atoms with Gasteiger partial charge >= 0.3 is 0 Å². The van der Waals surface area contributed by atoms with Crippen LogP contribution in [-0.2, 0) is 13.1 Å². The first-order valence-corrected chi connectivity index (χ1v) is 8.06. The summed E-state index contributed by atoms with van der Waals surface area (Å²) in [4.78, 5) is 13.9. The van der Waals surface area contributed by atoms with Crippen LogP contribution in [0.4, 0.5) is 0 Å². The van der Waals surface area contributed by atoms with Crippen molar-refractivity contribution < 1.29 is 4.79 Å². The summed E-state index contributed by atoms with van der Waals surface area (Å²) in [5, 5.41) is 0. The topological polar surface area (TPSA) is 20.3 Å². The van der Waals surface area contributed by atoms with Crippen LogP contribution in [-0.4, -0.2) is 17.2 Å². The van der Waals surface area contributed by atoms with Crippen molar-refractivity contribution in [3.05, 3.63) is 34.9 Å². The van der Waals surface area contributed by atoms with Gasteiger partial charge in [0.1, 0.15) is 0 Å². The lowest BCUT2D eigenvalue weighted by Crippen LogP contribution is -2.17. The summed E-state index contributed by atoms with van der Waals surface area (Å²) in [5.41, 5.74) is 3.61. The summed E-state index contributed by atoms with van der Waals surface area (Å²) in [6.45, 7) is 7.17. The van der Waals surface area contributed by atoms with Crippen LogP contribution in [0.5, 0.6) is 0 Å². The fraction of sp³-hybridized carbons (Fsp3) is 0.611. The van der Waals surface area contributed by atoms with Crippen LogP contribution in [0.2, 0.25) is 0 Å². The predicted molar refractivity (Wildman–Crippen MR) is 83.9 cm³/mol. The van der Waals surface area contributed by atoms with Gasteiger partial charge in [0.25, 0.3) is 0 Å². The number of benzene rings is 1. The zero-order valence-electron chi connectivity index (χ0n) is 13.0. The molecule has 0 aromatic heterocycles. The van der Waals surface area contributed by atoms with E-state index in [0.29, 0.717) is 0 Å². The molecule has 2 heteroatoms. The number of Topliss-reactive ketones (excluding diaryl/α,β-unsaturated/α-hetero) is 1. The number of fused-ring (bicyclic) bond motifs is 1. The van der Waals surface area contributed by atoms with Crippen LogP contribution in [0.25, 0.3) is 0 Å². The highest BCUT2D eigenvalue weighted by Crippen LogP contribution is 2.24. The highest BCUT2D eigenvalue weighted by atomic mass is 16.1. The Bertz CT molecular complexity index is 453. The van der Waals surface area contributed by atoms with Gasteiger partial charge in [0, 0.05) is 18.7 Å². The van der Waals surface area contributed by atoms with Crippen LogP contribution in [0.3, 0.4) is 0 Å². The van der Waals surface area contributed by atoms with E-state index in [2.05, 4.69) is 24.0 Å². The molecule has 0 radical (unpaired) electrons. The van der Waals surface area contributed by atoms with Gasteiger partial charge in [-0.3, -0.25) is 9.69 Å². The summed E-state index contributed by atoms with van der Waals surface area (Å²) in [7, 11) is 0. The zero-order chi connectivity index (χ0) is 14.4. The van der Waals surface area contributed by atoms with Gasteiger partial charge in [0.15, 0.2) is 5.78 Å². The number of hydrogen-bond acceptors (Lipinski definition) is 2. The van der Waals surface area contributed by atoms with Gasteiger partial charge < -0.3 is 0 Å². The first-order valence-electron chi connectivity index (χ1n) is 8.06. The Morgan fingerprint density at radius 3 is 2.50 bits per heavy atom. The molecule has 0 unspecified atom stereocenters. The van der Waals surface area contributed by atoms with Crippen molar-refractivity contribution in [1.82, 2.24) is 4.90 Å². The lowest BCUT2D eigenvalue weighted by molar-refractivity contribution is 0.101. The maximum Gasteiger partial charge on any atom is 0.159 e. The Kier molecular flexibility index (Phi) is 5.78. The second kappa shape index (κ2) is 7.58. The van der Waals surface area contributed by atoms with E-state index in [9.17, 15) is 4.79 Å². The Morgan fingerprint density at radius 2 is 1.75 bits per heavy atom. The summed E-state index contributed by atoms with van der Waals surface area (Å²) in [6, 6.07) is 6.18. The van der Waals surface area contributed by atoms with Crippen molar-refractivity contribution in [2.24, 2.45) is 0 Å². The van der Waals surface area contributed by atoms with Gasteiger partial charge in [-0.05, 0) is 37.1 Å². The second-order valence-corrected chi connectivity index (χ2v) is 6.02. The van der Waals surface area contributed by atoms with Gasteiger partial charge in [-0.25, -0.2) is 0 Å². The van der Waals surface area contributed by atoms with E-state index >= 15 is 0 Å². The van der Waals surface area contributed by atoms with E-state index in [1.165, 1.54) is 56.2 Å². The van der Waals surface area contributed by atoms with Gasteiger partial charge in [-0.15, -0.1) is 0 Å². The smallest absolute Gasteiger partial charge is 0.159 e. The summed E-state index contributed by atoms with van der Waals surface area (Å²) in [6.07, 6.45) is 8.12. The number of carbonyl (C=O) groups excluding carboxylic acids is 1. The molecular formula is C18H27NO. The first kappa shape index (κ1) is 15.2. The van der Waals surface area contributed by atoms with E-state index in [1.807, 2.05) is 6.07 Å². The molecule has 0 bridgehead atoms. The Hall–Kier alpha value is -1.15. The van der Waals surface area contributed by atoms with Gasteiger partial charge in [-0.1, -0.05) is 51.2 Å². The van der Waals surface area contributed by atoms with E-state index in [0.717, 1.165) is 18.7 Å². The minimum atomic E-state index is 0.169. The average Bonchev–Trinajstić information content (AvgIpc) is 2.84. The molecule has 2 nitrogen and oxygen atoms in total. The van der Waals surface area contributed by atoms with Gasteiger partial charge in [0.05, 0.1) is 0 Å². The number of unbranched alkanes of at least 4 members (excludes halogenated alkanes) is 5. The van der Waals surface area contributed by atoms with Crippen LogP contribution >= 0.6 is 0 Å². The SMILES string of the molecule is CCCCCCCCN1Cc2ccc(C(C)=O)cc2C1. The van der Waals surface area contributed by atoms with Crippen LogP contribution in [0, 0.1) is 0 Å². The molecule has 0 amide bonds. The molecular weight excluding hydrogens is 246 g/mol. The van der Waals surface area contributed by atoms with Crippen molar-refractivity contribution >= 4 is 5.78 Å². The highest BCUT2D eigenvalue weighted by Gasteiger charge is 2.19. The minimum absolute atomic E-state index is 0.169. The molecule has 0 saturated carbocycles. The molecule has 0 atom stereocenters. The van der Waals surface area contributed by atoms with Crippen LogP contribution in [0.15, 0.2) is 18.2 Å². The predicted octanol–water partition coefficient (Wildman–Crippen LogP) is 4.57. The molecule has 1 aromatic carbocycles. The molecule has 1 aliphatic rings. The van der Waals surface area contributed by atoms with Crippen molar-refractivity contribution in [2.75, 3.05) is 6.54 Å².